The molecule has 5 N–H and O–H groups in total. The minimum absolute atomic E-state index is 0.00300. The summed E-state index contributed by atoms with van der Waals surface area (Å²) in [6, 6.07) is -0.177. The van der Waals surface area contributed by atoms with Crippen molar-refractivity contribution >= 4 is 17.8 Å². The molecule has 1 heterocycles. The first-order chi connectivity index (χ1) is 12.5. The molecule has 1 aromatic heterocycles. The van der Waals surface area contributed by atoms with E-state index in [1.165, 1.54) is 7.05 Å². The fourth-order valence-electron chi connectivity index (χ4n) is 3.12. The Morgan fingerprint density at radius 2 is 1.77 bits per heavy atom. The average molecular weight is 364 g/mol. The number of amides is 4. The SMILES string of the molecule is CNC(=O)NCC(=O)NC1CCCC(NC(=O)Cc2cn[nH]c2C)CC1. The molecule has 2 unspecified atom stereocenters. The van der Waals surface area contributed by atoms with Crippen molar-refractivity contribution in [2.75, 3.05) is 13.6 Å². The number of nitrogens with one attached hydrogen (secondary N) is 5. The van der Waals surface area contributed by atoms with Crippen LogP contribution in [0.1, 0.15) is 43.4 Å². The second-order valence-electron chi connectivity index (χ2n) is 6.67. The molecule has 1 fully saturated rings. The zero-order valence-corrected chi connectivity index (χ0v) is 15.4. The molecule has 1 aliphatic rings. The molecular weight excluding hydrogens is 336 g/mol. The second kappa shape index (κ2) is 9.79. The summed E-state index contributed by atoms with van der Waals surface area (Å²) in [6.45, 7) is 1.86. The van der Waals surface area contributed by atoms with Crippen LogP contribution in [0.25, 0.3) is 0 Å². The number of rotatable bonds is 6. The summed E-state index contributed by atoms with van der Waals surface area (Å²) in [5.74, 6) is -0.201. The first kappa shape index (κ1) is 19.7. The Balaban J connectivity index is 1.71. The highest BCUT2D eigenvalue weighted by Gasteiger charge is 2.21. The van der Waals surface area contributed by atoms with Crippen molar-refractivity contribution in [3.05, 3.63) is 17.5 Å². The first-order valence-corrected chi connectivity index (χ1v) is 9.01. The van der Waals surface area contributed by atoms with Crippen LogP contribution in [0.5, 0.6) is 0 Å². The van der Waals surface area contributed by atoms with Gasteiger partial charge in [-0.2, -0.15) is 5.10 Å². The molecule has 0 spiro atoms. The van der Waals surface area contributed by atoms with Crippen LogP contribution in [0, 0.1) is 6.92 Å². The molecule has 0 aromatic carbocycles. The maximum Gasteiger partial charge on any atom is 0.314 e. The van der Waals surface area contributed by atoms with Gasteiger partial charge in [-0.25, -0.2) is 4.79 Å². The van der Waals surface area contributed by atoms with Crippen molar-refractivity contribution < 1.29 is 14.4 Å². The monoisotopic (exact) mass is 364 g/mol. The van der Waals surface area contributed by atoms with E-state index in [2.05, 4.69) is 31.5 Å². The summed E-state index contributed by atoms with van der Waals surface area (Å²) < 4.78 is 0. The van der Waals surface area contributed by atoms with Gasteiger partial charge in [0.25, 0.3) is 0 Å². The van der Waals surface area contributed by atoms with Gasteiger partial charge in [0.2, 0.25) is 11.8 Å². The minimum atomic E-state index is -0.378. The Morgan fingerprint density at radius 1 is 1.12 bits per heavy atom. The summed E-state index contributed by atoms with van der Waals surface area (Å²) in [7, 11) is 1.50. The second-order valence-corrected chi connectivity index (χ2v) is 6.67. The number of aryl methyl sites for hydroxylation is 1. The Hall–Kier alpha value is -2.58. The standard InChI is InChI=1S/C17H28N6O3/c1-11-12(9-20-23-11)8-15(24)21-13-4-3-5-14(7-6-13)22-16(25)10-19-17(26)18-2/h9,13-14H,3-8,10H2,1-2H3,(H,20,23)(H,21,24)(H,22,25)(H2,18,19,26). The lowest BCUT2D eigenvalue weighted by molar-refractivity contribution is -0.122. The topological polar surface area (TPSA) is 128 Å². The van der Waals surface area contributed by atoms with Gasteiger partial charge in [0.1, 0.15) is 0 Å². The number of aromatic nitrogens is 2. The van der Waals surface area contributed by atoms with Crippen LogP contribution in [0.2, 0.25) is 0 Å². The van der Waals surface area contributed by atoms with Crippen LogP contribution in [0.3, 0.4) is 0 Å². The number of aromatic amines is 1. The molecule has 2 rings (SSSR count). The van der Waals surface area contributed by atoms with Crippen molar-refractivity contribution in [1.82, 2.24) is 31.5 Å². The van der Waals surface area contributed by atoms with E-state index in [9.17, 15) is 14.4 Å². The van der Waals surface area contributed by atoms with Gasteiger partial charge in [-0.1, -0.05) is 0 Å². The van der Waals surface area contributed by atoms with E-state index in [-0.39, 0.29) is 36.5 Å². The third-order valence-corrected chi connectivity index (χ3v) is 4.62. The zero-order valence-electron chi connectivity index (χ0n) is 15.4. The molecule has 144 valence electrons. The van der Waals surface area contributed by atoms with E-state index >= 15 is 0 Å². The molecule has 0 bridgehead atoms. The van der Waals surface area contributed by atoms with Crippen molar-refractivity contribution in [3.63, 3.8) is 0 Å². The third kappa shape index (κ3) is 6.38. The minimum Gasteiger partial charge on any atom is -0.353 e. The van der Waals surface area contributed by atoms with Crippen molar-refractivity contribution in [2.45, 2.75) is 57.5 Å². The number of hydrogen-bond donors (Lipinski definition) is 5. The molecule has 1 saturated carbocycles. The van der Waals surface area contributed by atoms with Crippen molar-refractivity contribution in [3.8, 4) is 0 Å². The average Bonchev–Trinajstić information content (AvgIpc) is 2.88. The summed E-state index contributed by atoms with van der Waals surface area (Å²) >= 11 is 0. The van der Waals surface area contributed by atoms with Crippen LogP contribution in [-0.4, -0.2) is 53.7 Å². The fourth-order valence-corrected chi connectivity index (χ4v) is 3.12. The molecule has 9 heteroatoms. The molecule has 26 heavy (non-hydrogen) atoms. The summed E-state index contributed by atoms with van der Waals surface area (Å²) in [4.78, 5) is 35.2. The van der Waals surface area contributed by atoms with Crippen LogP contribution >= 0.6 is 0 Å². The highest BCUT2D eigenvalue weighted by Crippen LogP contribution is 2.18. The Bertz CT molecular complexity index is 630. The van der Waals surface area contributed by atoms with Gasteiger partial charge in [-0.3, -0.25) is 14.7 Å². The van der Waals surface area contributed by atoms with Gasteiger partial charge >= 0.3 is 6.03 Å². The molecule has 1 aromatic rings. The van der Waals surface area contributed by atoms with E-state index in [1.807, 2.05) is 6.92 Å². The predicted molar refractivity (Wildman–Crippen MR) is 96.4 cm³/mol. The van der Waals surface area contributed by atoms with E-state index in [4.69, 9.17) is 0 Å². The molecule has 0 aliphatic heterocycles. The zero-order chi connectivity index (χ0) is 18.9. The first-order valence-electron chi connectivity index (χ1n) is 9.01. The van der Waals surface area contributed by atoms with Crippen molar-refractivity contribution in [1.29, 1.82) is 0 Å². The number of urea groups is 1. The van der Waals surface area contributed by atoms with Gasteiger partial charge in [-0.05, 0) is 39.0 Å². The van der Waals surface area contributed by atoms with E-state index in [1.54, 1.807) is 6.20 Å². The molecule has 0 saturated heterocycles. The maximum absolute atomic E-state index is 12.2. The predicted octanol–water partition coefficient (Wildman–Crippen LogP) is 0.123. The summed E-state index contributed by atoms with van der Waals surface area (Å²) in [6.07, 6.45) is 6.34. The lowest BCUT2D eigenvalue weighted by Gasteiger charge is -2.18. The molecule has 2 atom stereocenters. The Kier molecular flexibility index (Phi) is 7.43. The molecule has 4 amide bonds. The van der Waals surface area contributed by atoms with Gasteiger partial charge < -0.3 is 21.3 Å². The number of nitrogens with zero attached hydrogens (tertiary/aromatic N) is 1. The summed E-state index contributed by atoms with van der Waals surface area (Å²) in [5, 5.41) is 17.7. The van der Waals surface area contributed by atoms with Crippen LogP contribution < -0.4 is 21.3 Å². The van der Waals surface area contributed by atoms with E-state index in [0.29, 0.717) is 6.42 Å². The number of carbonyl (C=O) groups excluding carboxylic acids is 3. The smallest absolute Gasteiger partial charge is 0.314 e. The summed E-state index contributed by atoms with van der Waals surface area (Å²) in [5.41, 5.74) is 1.82. The number of carbonyl (C=O) groups is 3. The molecular formula is C17H28N6O3. The largest absolute Gasteiger partial charge is 0.353 e. The normalized spacial score (nSPS) is 19.9. The number of hydrogen-bond acceptors (Lipinski definition) is 4. The van der Waals surface area contributed by atoms with Gasteiger partial charge in [0.05, 0.1) is 19.2 Å². The van der Waals surface area contributed by atoms with Crippen molar-refractivity contribution in [2.24, 2.45) is 0 Å². The van der Waals surface area contributed by atoms with Crippen LogP contribution in [0.15, 0.2) is 6.20 Å². The van der Waals surface area contributed by atoms with E-state index in [0.717, 1.165) is 43.4 Å². The number of H-pyrrole nitrogens is 1. The Morgan fingerprint density at radius 3 is 2.35 bits per heavy atom. The lowest BCUT2D eigenvalue weighted by atomic mass is 10.1. The maximum atomic E-state index is 12.2. The van der Waals surface area contributed by atoms with Crippen LogP contribution in [-0.2, 0) is 16.0 Å². The lowest BCUT2D eigenvalue weighted by Crippen LogP contribution is -2.44. The quantitative estimate of drug-likeness (QED) is 0.459. The third-order valence-electron chi connectivity index (χ3n) is 4.62. The fraction of sp³-hybridized carbons (Fsp3) is 0.647. The van der Waals surface area contributed by atoms with Gasteiger partial charge in [-0.15, -0.1) is 0 Å². The highest BCUT2D eigenvalue weighted by atomic mass is 16.2. The van der Waals surface area contributed by atoms with E-state index < -0.39 is 0 Å². The molecule has 1 aliphatic carbocycles. The van der Waals surface area contributed by atoms with Gasteiger partial charge in [0.15, 0.2) is 0 Å². The molecule has 9 nitrogen and oxygen atoms in total. The van der Waals surface area contributed by atoms with Crippen LogP contribution in [0.4, 0.5) is 4.79 Å². The highest BCUT2D eigenvalue weighted by molar-refractivity contribution is 5.83. The Labute approximate surface area is 153 Å². The molecule has 0 radical (unpaired) electrons. The van der Waals surface area contributed by atoms with Gasteiger partial charge in [0, 0.05) is 30.4 Å².